The Kier molecular flexibility index (Phi) is 4.43. The van der Waals surface area contributed by atoms with Crippen LogP contribution < -0.4 is 4.90 Å². The maximum absolute atomic E-state index is 12.6. The van der Waals surface area contributed by atoms with Gasteiger partial charge in [-0.15, -0.1) is 0 Å². The van der Waals surface area contributed by atoms with E-state index in [0.717, 1.165) is 43.5 Å². The van der Waals surface area contributed by atoms with Gasteiger partial charge in [0, 0.05) is 31.9 Å². The maximum Gasteiger partial charge on any atom is 0.335 e. The normalized spacial score (nSPS) is 21.3. The third-order valence-corrected chi connectivity index (χ3v) is 4.48. The summed E-state index contributed by atoms with van der Waals surface area (Å²) in [4.78, 5) is 25.6. The molecule has 118 valence electrons. The monoisotopic (exact) mass is 303 g/mol. The van der Waals surface area contributed by atoms with E-state index in [0.29, 0.717) is 25.5 Å². The molecule has 1 amide bonds. The zero-order valence-corrected chi connectivity index (χ0v) is 12.6. The molecule has 1 fully saturated rings. The molecule has 1 atom stereocenters. The first kappa shape index (κ1) is 15.0. The van der Waals surface area contributed by atoms with Crippen LogP contribution in [0.3, 0.4) is 0 Å². The molecule has 0 aliphatic carbocycles. The number of anilines is 1. The fraction of sp³-hybridized carbons (Fsp3) is 0.529. The van der Waals surface area contributed by atoms with Gasteiger partial charge < -0.3 is 14.7 Å². The summed E-state index contributed by atoms with van der Waals surface area (Å²) in [6, 6.07) is 5.08. The summed E-state index contributed by atoms with van der Waals surface area (Å²) in [7, 11) is 0. The minimum atomic E-state index is -0.923. The van der Waals surface area contributed by atoms with Gasteiger partial charge in [-0.3, -0.25) is 4.79 Å². The Hall–Kier alpha value is -1.88. The Balaban J connectivity index is 1.83. The van der Waals surface area contributed by atoms with Crippen molar-refractivity contribution in [1.82, 2.24) is 0 Å². The van der Waals surface area contributed by atoms with Crippen LogP contribution in [0.15, 0.2) is 18.2 Å². The number of carboxylic acid groups (broad SMARTS) is 1. The number of carbonyl (C=O) groups excluding carboxylic acids is 1. The highest BCUT2D eigenvalue weighted by atomic mass is 16.5. The molecule has 0 radical (unpaired) electrons. The Morgan fingerprint density at radius 2 is 2.18 bits per heavy atom. The lowest BCUT2D eigenvalue weighted by molar-refractivity contribution is -0.119. The summed E-state index contributed by atoms with van der Waals surface area (Å²) in [5.74, 6) is -0.479. The fourth-order valence-electron chi connectivity index (χ4n) is 3.25. The van der Waals surface area contributed by atoms with Crippen molar-refractivity contribution >= 4 is 17.6 Å². The second-order valence-electron chi connectivity index (χ2n) is 6.08. The highest BCUT2D eigenvalue weighted by Gasteiger charge is 2.26. The minimum absolute atomic E-state index is 0.127. The molecule has 0 bridgehead atoms. The molecular weight excluding hydrogens is 282 g/mol. The number of benzene rings is 1. The van der Waals surface area contributed by atoms with Crippen molar-refractivity contribution in [3.8, 4) is 0 Å². The zero-order valence-electron chi connectivity index (χ0n) is 12.6. The largest absolute Gasteiger partial charge is 0.478 e. The van der Waals surface area contributed by atoms with Crippen molar-refractivity contribution in [3.05, 3.63) is 29.3 Å². The van der Waals surface area contributed by atoms with Crippen molar-refractivity contribution in [3.63, 3.8) is 0 Å². The molecule has 0 spiro atoms. The molecule has 2 heterocycles. The Labute approximate surface area is 129 Å². The molecule has 2 aliphatic heterocycles. The van der Waals surface area contributed by atoms with Gasteiger partial charge in [0.25, 0.3) is 0 Å². The molecular formula is C17H21NO4. The van der Waals surface area contributed by atoms with Crippen LogP contribution in [-0.4, -0.2) is 36.7 Å². The van der Waals surface area contributed by atoms with Gasteiger partial charge in [0.05, 0.1) is 5.56 Å². The Bertz CT molecular complexity index is 578. The molecule has 5 heteroatoms. The lowest BCUT2D eigenvalue weighted by Crippen LogP contribution is -2.33. The number of amides is 1. The van der Waals surface area contributed by atoms with Gasteiger partial charge in [-0.25, -0.2) is 4.79 Å². The number of ether oxygens (including phenoxy) is 1. The van der Waals surface area contributed by atoms with E-state index in [-0.39, 0.29) is 11.5 Å². The van der Waals surface area contributed by atoms with Crippen LogP contribution in [-0.2, 0) is 16.0 Å². The summed E-state index contributed by atoms with van der Waals surface area (Å²) >= 11 is 0. The highest BCUT2D eigenvalue weighted by Crippen LogP contribution is 2.29. The number of hydrogen-bond donors (Lipinski definition) is 1. The van der Waals surface area contributed by atoms with Gasteiger partial charge >= 0.3 is 5.97 Å². The predicted molar refractivity (Wildman–Crippen MR) is 82.2 cm³/mol. The molecule has 1 unspecified atom stereocenters. The van der Waals surface area contributed by atoms with Crippen molar-refractivity contribution in [2.45, 2.75) is 32.1 Å². The summed E-state index contributed by atoms with van der Waals surface area (Å²) in [5.41, 5.74) is 2.14. The molecule has 5 nitrogen and oxygen atoms in total. The lowest BCUT2D eigenvalue weighted by Gasteiger charge is -2.24. The van der Waals surface area contributed by atoms with Crippen LogP contribution in [0.25, 0.3) is 0 Å². The Morgan fingerprint density at radius 1 is 1.32 bits per heavy atom. The van der Waals surface area contributed by atoms with Gasteiger partial charge in [-0.05, 0) is 55.4 Å². The minimum Gasteiger partial charge on any atom is -0.478 e. The van der Waals surface area contributed by atoms with Crippen molar-refractivity contribution in [2.24, 2.45) is 5.92 Å². The van der Waals surface area contributed by atoms with E-state index < -0.39 is 5.97 Å². The number of rotatable bonds is 3. The average Bonchev–Trinajstić information content (AvgIpc) is 2.91. The summed E-state index contributed by atoms with van der Waals surface area (Å²) in [6.45, 7) is 2.13. The van der Waals surface area contributed by atoms with E-state index in [2.05, 4.69) is 0 Å². The number of fused-ring (bicyclic) bond motifs is 1. The first-order chi connectivity index (χ1) is 10.6. The molecule has 3 rings (SSSR count). The molecule has 22 heavy (non-hydrogen) atoms. The van der Waals surface area contributed by atoms with E-state index in [4.69, 9.17) is 9.84 Å². The van der Waals surface area contributed by atoms with Gasteiger partial charge in [0.1, 0.15) is 0 Å². The van der Waals surface area contributed by atoms with Crippen molar-refractivity contribution in [1.29, 1.82) is 0 Å². The van der Waals surface area contributed by atoms with E-state index in [1.54, 1.807) is 18.2 Å². The second-order valence-corrected chi connectivity index (χ2v) is 6.08. The van der Waals surface area contributed by atoms with Crippen LogP contribution in [0.2, 0.25) is 0 Å². The first-order valence-corrected chi connectivity index (χ1v) is 7.89. The smallest absolute Gasteiger partial charge is 0.335 e. The van der Waals surface area contributed by atoms with Crippen LogP contribution in [0, 0.1) is 5.92 Å². The first-order valence-electron chi connectivity index (χ1n) is 7.89. The standard InChI is InChI=1S/C17H21NO4/c19-16(9-12-6-8-22-11-12)18-7-2-1-3-13-10-14(17(20)21)4-5-15(13)18/h4-5,10,12H,1-3,6-9,11H2,(H,20,21). The number of carbonyl (C=O) groups is 2. The fourth-order valence-corrected chi connectivity index (χ4v) is 3.25. The quantitative estimate of drug-likeness (QED) is 0.931. The van der Waals surface area contributed by atoms with Gasteiger partial charge in [0.15, 0.2) is 0 Å². The number of aryl methyl sites for hydroxylation is 1. The van der Waals surface area contributed by atoms with Crippen LogP contribution in [0.1, 0.15) is 41.6 Å². The second kappa shape index (κ2) is 6.48. The van der Waals surface area contributed by atoms with E-state index >= 15 is 0 Å². The number of aromatic carboxylic acids is 1. The number of carboxylic acids is 1. The third kappa shape index (κ3) is 3.14. The SMILES string of the molecule is O=C(O)c1ccc2c(c1)CCCCN2C(=O)CC1CCOC1. The number of hydrogen-bond acceptors (Lipinski definition) is 3. The van der Waals surface area contributed by atoms with E-state index in [1.165, 1.54) is 0 Å². The average molecular weight is 303 g/mol. The molecule has 1 aromatic carbocycles. The third-order valence-electron chi connectivity index (χ3n) is 4.48. The van der Waals surface area contributed by atoms with Crippen LogP contribution in [0.5, 0.6) is 0 Å². The molecule has 0 saturated carbocycles. The molecule has 1 saturated heterocycles. The van der Waals surface area contributed by atoms with Crippen molar-refractivity contribution in [2.75, 3.05) is 24.7 Å². The van der Waals surface area contributed by atoms with E-state index in [1.807, 2.05) is 4.90 Å². The Morgan fingerprint density at radius 3 is 2.91 bits per heavy atom. The number of nitrogens with zero attached hydrogens (tertiary/aromatic N) is 1. The van der Waals surface area contributed by atoms with E-state index in [9.17, 15) is 9.59 Å². The van der Waals surface area contributed by atoms with Gasteiger partial charge in [0.2, 0.25) is 5.91 Å². The van der Waals surface area contributed by atoms with Gasteiger partial charge in [-0.1, -0.05) is 0 Å². The molecule has 1 aromatic rings. The summed E-state index contributed by atoms with van der Waals surface area (Å²) in [5, 5.41) is 9.13. The predicted octanol–water partition coefficient (Wildman–Crippen LogP) is 2.48. The van der Waals surface area contributed by atoms with Crippen LogP contribution >= 0.6 is 0 Å². The lowest BCUT2D eigenvalue weighted by atomic mass is 10.0. The van der Waals surface area contributed by atoms with Gasteiger partial charge in [-0.2, -0.15) is 0 Å². The van der Waals surface area contributed by atoms with Crippen LogP contribution in [0.4, 0.5) is 5.69 Å². The highest BCUT2D eigenvalue weighted by molar-refractivity contribution is 5.95. The topological polar surface area (TPSA) is 66.8 Å². The molecule has 0 aromatic heterocycles. The maximum atomic E-state index is 12.6. The summed E-state index contributed by atoms with van der Waals surface area (Å²) in [6.07, 6.45) is 4.22. The zero-order chi connectivity index (χ0) is 15.5. The summed E-state index contributed by atoms with van der Waals surface area (Å²) < 4.78 is 5.35. The molecule has 2 aliphatic rings. The van der Waals surface area contributed by atoms with Crippen molar-refractivity contribution < 1.29 is 19.4 Å². The molecule has 1 N–H and O–H groups in total.